The van der Waals surface area contributed by atoms with Crippen LogP contribution in [0.25, 0.3) is 0 Å². The molecule has 1 aliphatic rings. The molecule has 22 heavy (non-hydrogen) atoms. The summed E-state index contributed by atoms with van der Waals surface area (Å²) in [5, 5.41) is 4.77. The molecular formula is C17H18N2O2S. The molecule has 0 aliphatic carbocycles. The second-order valence-corrected chi connectivity index (χ2v) is 6.51. The first kappa shape index (κ1) is 14.8. The van der Waals surface area contributed by atoms with Gasteiger partial charge in [-0.1, -0.05) is 36.4 Å². The molecule has 1 fully saturated rings. The van der Waals surface area contributed by atoms with Crippen LogP contribution in [-0.4, -0.2) is 28.8 Å². The first-order valence-electron chi connectivity index (χ1n) is 7.32. The van der Waals surface area contributed by atoms with E-state index in [2.05, 4.69) is 5.32 Å². The van der Waals surface area contributed by atoms with E-state index in [0.29, 0.717) is 13.0 Å². The summed E-state index contributed by atoms with van der Waals surface area (Å²) in [5.41, 5.74) is 1.06. The molecule has 0 unspecified atom stereocenters. The van der Waals surface area contributed by atoms with Crippen molar-refractivity contribution < 1.29 is 9.59 Å². The Morgan fingerprint density at radius 3 is 2.59 bits per heavy atom. The van der Waals surface area contributed by atoms with Gasteiger partial charge in [-0.25, -0.2) is 0 Å². The molecule has 114 valence electrons. The molecule has 2 aromatic rings. The van der Waals surface area contributed by atoms with Crippen LogP contribution in [0.5, 0.6) is 0 Å². The van der Waals surface area contributed by atoms with Gasteiger partial charge in [0, 0.05) is 11.3 Å². The lowest BCUT2D eigenvalue weighted by Crippen LogP contribution is -2.62. The molecule has 0 bridgehead atoms. The van der Waals surface area contributed by atoms with E-state index in [4.69, 9.17) is 0 Å². The van der Waals surface area contributed by atoms with Gasteiger partial charge in [-0.15, -0.1) is 11.3 Å². The Morgan fingerprint density at radius 2 is 1.91 bits per heavy atom. The van der Waals surface area contributed by atoms with E-state index in [0.717, 1.165) is 10.4 Å². The van der Waals surface area contributed by atoms with Crippen molar-refractivity contribution in [3.05, 3.63) is 58.3 Å². The summed E-state index contributed by atoms with van der Waals surface area (Å²) in [5.74, 6) is -0.0959. The normalized spacial score (nSPS) is 21.8. The van der Waals surface area contributed by atoms with Crippen LogP contribution in [0.4, 0.5) is 0 Å². The van der Waals surface area contributed by atoms with Crippen molar-refractivity contribution in [3.8, 4) is 0 Å². The number of rotatable bonds is 4. The molecule has 3 rings (SSSR count). The molecule has 4 nitrogen and oxygen atoms in total. The second kappa shape index (κ2) is 6.32. The molecule has 0 radical (unpaired) electrons. The fourth-order valence-corrected chi connectivity index (χ4v) is 3.42. The number of amides is 2. The number of piperazine rings is 1. The van der Waals surface area contributed by atoms with Gasteiger partial charge in [0.25, 0.3) is 0 Å². The summed E-state index contributed by atoms with van der Waals surface area (Å²) in [6.45, 7) is 2.23. The number of benzene rings is 1. The third-order valence-electron chi connectivity index (χ3n) is 3.87. The minimum atomic E-state index is -0.459. The Kier molecular flexibility index (Phi) is 4.24. The van der Waals surface area contributed by atoms with E-state index in [1.54, 1.807) is 23.2 Å². The van der Waals surface area contributed by atoms with E-state index < -0.39 is 12.1 Å². The molecule has 2 atom stereocenters. The molecule has 1 saturated heterocycles. The first-order chi connectivity index (χ1) is 10.6. The zero-order valence-corrected chi connectivity index (χ0v) is 13.2. The molecule has 5 heteroatoms. The molecule has 1 N–H and O–H groups in total. The van der Waals surface area contributed by atoms with E-state index in [1.807, 2.05) is 47.8 Å². The zero-order chi connectivity index (χ0) is 15.5. The Morgan fingerprint density at radius 1 is 1.14 bits per heavy atom. The average Bonchev–Trinajstić information content (AvgIpc) is 3.02. The van der Waals surface area contributed by atoms with E-state index >= 15 is 0 Å². The van der Waals surface area contributed by atoms with Crippen molar-refractivity contribution in [2.24, 2.45) is 0 Å². The van der Waals surface area contributed by atoms with Gasteiger partial charge < -0.3 is 10.2 Å². The van der Waals surface area contributed by atoms with Gasteiger partial charge in [0.2, 0.25) is 11.8 Å². The smallest absolute Gasteiger partial charge is 0.245 e. The highest BCUT2D eigenvalue weighted by molar-refractivity contribution is 7.09. The molecule has 1 aromatic heterocycles. The van der Waals surface area contributed by atoms with Gasteiger partial charge >= 0.3 is 0 Å². The van der Waals surface area contributed by atoms with Gasteiger partial charge in [-0.05, 0) is 23.9 Å². The minimum absolute atomic E-state index is 0.0195. The van der Waals surface area contributed by atoms with Crippen molar-refractivity contribution in [2.45, 2.75) is 32.0 Å². The SMILES string of the molecule is C[C@@H]1NC(=O)[C@H](Cc2ccccc2)N(Cc2cccs2)C1=O. The predicted molar refractivity (Wildman–Crippen MR) is 86.4 cm³/mol. The Hall–Kier alpha value is -2.14. The van der Waals surface area contributed by atoms with E-state index in [1.165, 1.54) is 0 Å². The highest BCUT2D eigenvalue weighted by Crippen LogP contribution is 2.20. The number of carbonyl (C=O) groups is 2. The monoisotopic (exact) mass is 314 g/mol. The van der Waals surface area contributed by atoms with Crippen molar-refractivity contribution in [1.82, 2.24) is 10.2 Å². The number of carbonyl (C=O) groups excluding carboxylic acids is 2. The van der Waals surface area contributed by atoms with E-state index in [9.17, 15) is 9.59 Å². The third-order valence-corrected chi connectivity index (χ3v) is 4.73. The van der Waals surface area contributed by atoms with Crippen LogP contribution < -0.4 is 5.32 Å². The summed E-state index contributed by atoms with van der Waals surface area (Å²) >= 11 is 1.60. The summed E-state index contributed by atoms with van der Waals surface area (Å²) in [7, 11) is 0. The van der Waals surface area contributed by atoms with Crippen LogP contribution in [0.1, 0.15) is 17.4 Å². The zero-order valence-electron chi connectivity index (χ0n) is 12.4. The number of hydrogen-bond acceptors (Lipinski definition) is 3. The fourth-order valence-electron chi connectivity index (χ4n) is 2.71. The van der Waals surface area contributed by atoms with Crippen LogP contribution in [0.3, 0.4) is 0 Å². The quantitative estimate of drug-likeness (QED) is 0.940. The maximum absolute atomic E-state index is 12.5. The highest BCUT2D eigenvalue weighted by Gasteiger charge is 2.38. The van der Waals surface area contributed by atoms with Gasteiger partial charge in [0.15, 0.2) is 0 Å². The highest BCUT2D eigenvalue weighted by atomic mass is 32.1. The van der Waals surface area contributed by atoms with Crippen LogP contribution in [-0.2, 0) is 22.6 Å². The standard InChI is InChI=1S/C17H18N2O2S/c1-12-17(21)19(11-14-8-5-9-22-14)15(16(20)18-12)10-13-6-3-2-4-7-13/h2-9,12,15H,10-11H2,1H3,(H,18,20)/t12-,15-/m0/s1. The number of nitrogens with one attached hydrogen (secondary N) is 1. The maximum Gasteiger partial charge on any atom is 0.245 e. The van der Waals surface area contributed by atoms with Crippen LogP contribution in [0.2, 0.25) is 0 Å². The third kappa shape index (κ3) is 3.04. The molecule has 2 heterocycles. The number of nitrogens with zero attached hydrogens (tertiary/aromatic N) is 1. The van der Waals surface area contributed by atoms with Gasteiger partial charge in [0.05, 0.1) is 6.54 Å². The second-order valence-electron chi connectivity index (χ2n) is 5.48. The Balaban J connectivity index is 1.85. The van der Waals surface area contributed by atoms with Crippen LogP contribution in [0, 0.1) is 0 Å². The molecule has 1 aromatic carbocycles. The molecule has 2 amide bonds. The Labute approximate surface area is 133 Å². The Bertz CT molecular complexity index is 655. The number of hydrogen-bond donors (Lipinski definition) is 1. The van der Waals surface area contributed by atoms with Gasteiger partial charge in [0.1, 0.15) is 12.1 Å². The summed E-state index contributed by atoms with van der Waals surface area (Å²) in [6, 6.07) is 12.9. The number of thiophene rings is 1. The lowest BCUT2D eigenvalue weighted by atomic mass is 10.00. The minimum Gasteiger partial charge on any atom is -0.343 e. The molecule has 0 spiro atoms. The summed E-state index contributed by atoms with van der Waals surface area (Å²) in [6.07, 6.45) is 0.538. The summed E-state index contributed by atoms with van der Waals surface area (Å²) in [4.78, 5) is 27.7. The fraction of sp³-hybridized carbons (Fsp3) is 0.294. The average molecular weight is 314 g/mol. The van der Waals surface area contributed by atoms with Gasteiger partial charge in [-0.3, -0.25) is 9.59 Å². The molecular weight excluding hydrogens is 296 g/mol. The lowest BCUT2D eigenvalue weighted by Gasteiger charge is -2.37. The van der Waals surface area contributed by atoms with Crippen molar-refractivity contribution in [3.63, 3.8) is 0 Å². The van der Waals surface area contributed by atoms with Crippen LogP contribution in [0.15, 0.2) is 47.8 Å². The van der Waals surface area contributed by atoms with Crippen molar-refractivity contribution in [2.75, 3.05) is 0 Å². The van der Waals surface area contributed by atoms with Crippen molar-refractivity contribution >= 4 is 23.2 Å². The molecule has 1 aliphatic heterocycles. The van der Waals surface area contributed by atoms with Crippen LogP contribution >= 0.6 is 11.3 Å². The maximum atomic E-state index is 12.5. The predicted octanol–water partition coefficient (Wildman–Crippen LogP) is 2.21. The van der Waals surface area contributed by atoms with Gasteiger partial charge in [-0.2, -0.15) is 0 Å². The first-order valence-corrected chi connectivity index (χ1v) is 8.20. The summed E-state index contributed by atoms with van der Waals surface area (Å²) < 4.78 is 0. The largest absolute Gasteiger partial charge is 0.343 e. The topological polar surface area (TPSA) is 49.4 Å². The lowest BCUT2D eigenvalue weighted by molar-refractivity contribution is -0.149. The molecule has 0 saturated carbocycles. The van der Waals surface area contributed by atoms with E-state index in [-0.39, 0.29) is 11.8 Å². The van der Waals surface area contributed by atoms with Crippen molar-refractivity contribution in [1.29, 1.82) is 0 Å².